The minimum atomic E-state index is -2.68. The summed E-state index contributed by atoms with van der Waals surface area (Å²) in [6, 6.07) is 7.06. The molecular weight excluding hydrogens is 371 g/mol. The molecule has 0 saturated carbocycles. The lowest BCUT2D eigenvalue weighted by atomic mass is 10.0. The second kappa shape index (κ2) is 7.51. The van der Waals surface area contributed by atoms with E-state index >= 15 is 0 Å². The Morgan fingerprint density at radius 2 is 2.00 bits per heavy atom. The number of hydrogen-bond donors (Lipinski definition) is 4. The molecule has 28 heavy (non-hydrogen) atoms. The van der Waals surface area contributed by atoms with Crippen molar-refractivity contribution in [3.05, 3.63) is 59.0 Å². The molecular formula is C19H18F3N5O. The molecule has 2 aromatic carbocycles. The van der Waals surface area contributed by atoms with Crippen LogP contribution >= 0.6 is 0 Å². The Balaban J connectivity index is 1.71. The third-order valence-corrected chi connectivity index (χ3v) is 4.71. The van der Waals surface area contributed by atoms with Gasteiger partial charge in [0.25, 0.3) is 6.43 Å². The van der Waals surface area contributed by atoms with Crippen LogP contribution in [-0.4, -0.2) is 29.1 Å². The van der Waals surface area contributed by atoms with Gasteiger partial charge in [0.1, 0.15) is 11.9 Å². The zero-order valence-electron chi connectivity index (χ0n) is 14.7. The van der Waals surface area contributed by atoms with Crippen molar-refractivity contribution in [2.75, 3.05) is 11.9 Å². The second-order valence-electron chi connectivity index (χ2n) is 6.63. The maximum atomic E-state index is 14.1. The van der Waals surface area contributed by atoms with Crippen LogP contribution in [0.15, 0.2) is 36.5 Å². The number of aromatic amines is 1. The summed E-state index contributed by atoms with van der Waals surface area (Å²) >= 11 is 0. The highest BCUT2D eigenvalue weighted by molar-refractivity contribution is 5.93. The summed E-state index contributed by atoms with van der Waals surface area (Å²) in [6.07, 6.45) is -1.21. The highest BCUT2D eigenvalue weighted by atomic mass is 19.3. The van der Waals surface area contributed by atoms with Crippen LogP contribution in [-0.2, 0) is 17.9 Å². The van der Waals surface area contributed by atoms with E-state index in [4.69, 9.17) is 0 Å². The fourth-order valence-corrected chi connectivity index (χ4v) is 3.40. The number of hydrogen-bond acceptors (Lipinski definition) is 4. The van der Waals surface area contributed by atoms with Crippen molar-refractivity contribution in [1.82, 2.24) is 20.8 Å². The number of nitrogens with one attached hydrogen (secondary N) is 4. The van der Waals surface area contributed by atoms with E-state index in [1.165, 1.54) is 18.3 Å². The Kier molecular flexibility index (Phi) is 4.91. The predicted molar refractivity (Wildman–Crippen MR) is 98.4 cm³/mol. The number of nitrogens with zero attached hydrogens (tertiary/aromatic N) is 1. The average Bonchev–Trinajstić information content (AvgIpc) is 3.32. The van der Waals surface area contributed by atoms with Crippen LogP contribution in [0.5, 0.6) is 0 Å². The number of alkyl halides is 2. The number of anilines is 1. The molecule has 6 nitrogen and oxygen atoms in total. The van der Waals surface area contributed by atoms with Crippen LogP contribution < -0.4 is 16.0 Å². The Bertz CT molecular complexity index is 1020. The van der Waals surface area contributed by atoms with E-state index in [0.717, 1.165) is 17.7 Å². The largest absolute Gasteiger partial charge is 0.370 e. The Morgan fingerprint density at radius 3 is 2.82 bits per heavy atom. The van der Waals surface area contributed by atoms with Crippen molar-refractivity contribution < 1.29 is 18.0 Å². The zero-order valence-corrected chi connectivity index (χ0v) is 14.7. The Labute approximate surface area is 158 Å². The summed E-state index contributed by atoms with van der Waals surface area (Å²) in [5, 5.41) is 15.6. The standard InChI is InChI=1S/C19H18F3N5O/c20-12-4-14(15-8-25-27-16(15)5-12)18(19(28)24-9-17(21)22)26-13-2-1-10-6-23-7-11(10)3-13/h1-5,8,17-18,23,26H,6-7,9H2,(H,24,28)(H,25,27)/t18-/m1/s1. The van der Waals surface area contributed by atoms with Crippen LogP contribution in [0.25, 0.3) is 10.9 Å². The second-order valence-corrected chi connectivity index (χ2v) is 6.63. The van der Waals surface area contributed by atoms with E-state index < -0.39 is 30.7 Å². The number of carbonyl (C=O) groups excluding carboxylic acids is 1. The van der Waals surface area contributed by atoms with Crippen LogP contribution in [0.1, 0.15) is 22.7 Å². The van der Waals surface area contributed by atoms with Gasteiger partial charge in [-0.2, -0.15) is 5.10 Å². The molecule has 0 spiro atoms. The SMILES string of the molecule is O=C(NCC(F)F)[C@H](Nc1ccc2c(c1)CNC2)c1cc(F)cc2[nH]ncc12. The molecule has 3 aromatic rings. The predicted octanol–water partition coefficient (Wildman–Crippen LogP) is 2.84. The number of benzene rings is 2. The maximum Gasteiger partial charge on any atom is 0.255 e. The highest BCUT2D eigenvalue weighted by Gasteiger charge is 2.25. The number of amides is 1. The van der Waals surface area contributed by atoms with Gasteiger partial charge in [-0.15, -0.1) is 0 Å². The number of H-pyrrole nitrogens is 1. The molecule has 0 unspecified atom stereocenters. The molecule has 4 N–H and O–H groups in total. The smallest absolute Gasteiger partial charge is 0.255 e. The van der Waals surface area contributed by atoms with Crippen LogP contribution in [0.4, 0.5) is 18.9 Å². The Morgan fingerprint density at radius 1 is 1.18 bits per heavy atom. The first-order chi connectivity index (χ1) is 13.5. The highest BCUT2D eigenvalue weighted by Crippen LogP contribution is 2.29. The molecule has 9 heteroatoms. The third-order valence-electron chi connectivity index (χ3n) is 4.71. The fraction of sp³-hybridized carbons (Fsp3) is 0.263. The summed E-state index contributed by atoms with van der Waals surface area (Å²) in [4.78, 5) is 12.7. The van der Waals surface area contributed by atoms with Gasteiger partial charge in [-0.25, -0.2) is 13.2 Å². The van der Waals surface area contributed by atoms with E-state index in [1.54, 1.807) is 0 Å². The molecule has 146 valence electrons. The summed E-state index contributed by atoms with van der Waals surface area (Å²) in [5.41, 5.74) is 3.62. The molecule has 0 saturated heterocycles. The zero-order chi connectivity index (χ0) is 19.7. The average molecular weight is 389 g/mol. The fourth-order valence-electron chi connectivity index (χ4n) is 3.40. The minimum Gasteiger partial charge on any atom is -0.370 e. The molecule has 1 amide bonds. The van der Waals surface area contributed by atoms with E-state index in [9.17, 15) is 18.0 Å². The Hall–Kier alpha value is -3.07. The first-order valence-corrected chi connectivity index (χ1v) is 8.78. The van der Waals surface area contributed by atoms with Crippen molar-refractivity contribution in [3.8, 4) is 0 Å². The monoisotopic (exact) mass is 389 g/mol. The van der Waals surface area contributed by atoms with Gasteiger partial charge in [0.15, 0.2) is 0 Å². The van der Waals surface area contributed by atoms with Crippen molar-refractivity contribution in [2.45, 2.75) is 25.6 Å². The first kappa shape index (κ1) is 18.3. The molecule has 1 aliphatic rings. The maximum absolute atomic E-state index is 14.1. The van der Waals surface area contributed by atoms with E-state index in [0.29, 0.717) is 28.7 Å². The van der Waals surface area contributed by atoms with E-state index in [1.807, 2.05) is 18.2 Å². The minimum absolute atomic E-state index is 0.314. The lowest BCUT2D eigenvalue weighted by Crippen LogP contribution is -2.36. The first-order valence-electron chi connectivity index (χ1n) is 8.78. The van der Waals surface area contributed by atoms with Gasteiger partial charge in [-0.05, 0) is 41.0 Å². The summed E-state index contributed by atoms with van der Waals surface area (Å²) in [7, 11) is 0. The normalized spacial score (nSPS) is 14.3. The molecule has 0 aliphatic carbocycles. The van der Waals surface area contributed by atoms with Crippen molar-refractivity contribution in [3.63, 3.8) is 0 Å². The topological polar surface area (TPSA) is 81.8 Å². The molecule has 1 atom stereocenters. The lowest BCUT2D eigenvalue weighted by molar-refractivity contribution is -0.122. The van der Waals surface area contributed by atoms with E-state index in [2.05, 4.69) is 26.1 Å². The van der Waals surface area contributed by atoms with Gasteiger partial charge in [-0.1, -0.05) is 6.07 Å². The van der Waals surface area contributed by atoms with E-state index in [-0.39, 0.29) is 0 Å². The van der Waals surface area contributed by atoms with Gasteiger partial charge in [0.05, 0.1) is 18.3 Å². The van der Waals surface area contributed by atoms with Crippen LogP contribution in [0.2, 0.25) is 0 Å². The van der Waals surface area contributed by atoms with Crippen molar-refractivity contribution >= 4 is 22.5 Å². The number of rotatable bonds is 6. The quantitative estimate of drug-likeness (QED) is 0.523. The summed E-state index contributed by atoms with van der Waals surface area (Å²) in [5.74, 6) is -1.23. The number of fused-ring (bicyclic) bond motifs is 2. The van der Waals surface area contributed by atoms with Crippen LogP contribution in [0, 0.1) is 5.82 Å². The van der Waals surface area contributed by atoms with Gasteiger partial charge in [0, 0.05) is 24.2 Å². The van der Waals surface area contributed by atoms with Crippen LogP contribution in [0.3, 0.4) is 0 Å². The lowest BCUT2D eigenvalue weighted by Gasteiger charge is -2.21. The van der Waals surface area contributed by atoms with Gasteiger partial charge >= 0.3 is 0 Å². The van der Waals surface area contributed by atoms with Crippen molar-refractivity contribution in [1.29, 1.82) is 0 Å². The molecule has 0 fully saturated rings. The summed E-state index contributed by atoms with van der Waals surface area (Å²) < 4.78 is 39.3. The van der Waals surface area contributed by atoms with Gasteiger partial charge in [-0.3, -0.25) is 9.89 Å². The third kappa shape index (κ3) is 3.65. The van der Waals surface area contributed by atoms with Crippen molar-refractivity contribution in [2.24, 2.45) is 0 Å². The van der Waals surface area contributed by atoms with Gasteiger partial charge < -0.3 is 16.0 Å². The van der Waals surface area contributed by atoms with Gasteiger partial charge in [0.2, 0.25) is 5.91 Å². The molecule has 4 rings (SSSR count). The molecule has 0 radical (unpaired) electrons. The number of aromatic nitrogens is 2. The molecule has 0 bridgehead atoms. The number of halogens is 3. The number of carbonyl (C=O) groups is 1. The molecule has 1 aromatic heterocycles. The molecule has 1 aliphatic heterocycles. The molecule has 2 heterocycles. The summed E-state index contributed by atoms with van der Waals surface area (Å²) in [6.45, 7) is 0.696.